The van der Waals surface area contributed by atoms with Gasteiger partial charge in [0.25, 0.3) is 0 Å². The maximum absolute atomic E-state index is 10.7. The van der Waals surface area contributed by atoms with Crippen LogP contribution in [0.2, 0.25) is 0 Å². The van der Waals surface area contributed by atoms with Gasteiger partial charge in [0.2, 0.25) is 0 Å². The van der Waals surface area contributed by atoms with Gasteiger partial charge in [-0.3, -0.25) is 0 Å². The SMILES string of the molecule is CCC(=S)C=C1Sc2ccccc2N1CCCS(=O)(=O)[O-].[Na+]. The smallest absolute Gasteiger partial charge is 0.748 e. The Morgan fingerprint density at radius 2 is 2.09 bits per heavy atom. The van der Waals surface area contributed by atoms with Gasteiger partial charge in [0, 0.05) is 22.1 Å². The third kappa shape index (κ3) is 5.63. The molecule has 0 bridgehead atoms. The van der Waals surface area contributed by atoms with Gasteiger partial charge in [-0.1, -0.05) is 43.0 Å². The van der Waals surface area contributed by atoms with E-state index in [0.29, 0.717) is 13.0 Å². The monoisotopic (exact) mass is 365 g/mol. The number of anilines is 1. The van der Waals surface area contributed by atoms with Crippen LogP contribution in [-0.2, 0) is 10.1 Å². The van der Waals surface area contributed by atoms with Crippen molar-refractivity contribution in [1.82, 2.24) is 0 Å². The molecule has 2 rings (SSSR count). The van der Waals surface area contributed by atoms with E-state index in [1.54, 1.807) is 11.8 Å². The fourth-order valence-electron chi connectivity index (χ4n) is 2.03. The van der Waals surface area contributed by atoms with Crippen LogP contribution in [-0.4, -0.2) is 30.1 Å². The average Bonchev–Trinajstić information content (AvgIpc) is 2.75. The van der Waals surface area contributed by atoms with Gasteiger partial charge >= 0.3 is 29.6 Å². The molecule has 8 heteroatoms. The number of nitrogens with zero attached hydrogens (tertiary/aromatic N) is 1. The molecule has 1 aromatic carbocycles. The van der Waals surface area contributed by atoms with Gasteiger partial charge in [-0.05, 0) is 31.1 Å². The molecular formula is C14H16NNaO3S3. The Morgan fingerprint density at radius 1 is 1.41 bits per heavy atom. The maximum Gasteiger partial charge on any atom is 1.00 e. The molecule has 0 radical (unpaired) electrons. The van der Waals surface area contributed by atoms with E-state index in [4.69, 9.17) is 12.2 Å². The normalized spacial score (nSPS) is 15.5. The molecule has 0 saturated heterocycles. The molecule has 0 N–H and O–H groups in total. The molecular weight excluding hydrogens is 349 g/mol. The van der Waals surface area contributed by atoms with E-state index in [2.05, 4.69) is 0 Å². The second-order valence-electron chi connectivity index (χ2n) is 4.64. The zero-order valence-electron chi connectivity index (χ0n) is 12.6. The summed E-state index contributed by atoms with van der Waals surface area (Å²) in [5.41, 5.74) is 1.04. The van der Waals surface area contributed by atoms with E-state index >= 15 is 0 Å². The number of hydrogen-bond donors (Lipinski definition) is 0. The summed E-state index contributed by atoms with van der Waals surface area (Å²) in [4.78, 5) is 4.01. The summed E-state index contributed by atoms with van der Waals surface area (Å²) in [7, 11) is -4.17. The number of fused-ring (bicyclic) bond motifs is 1. The van der Waals surface area contributed by atoms with Crippen LogP contribution >= 0.6 is 24.0 Å². The van der Waals surface area contributed by atoms with Crippen LogP contribution in [0.25, 0.3) is 0 Å². The Kier molecular flexibility index (Phi) is 8.08. The summed E-state index contributed by atoms with van der Waals surface area (Å²) in [6.45, 7) is 2.49. The first-order valence-corrected chi connectivity index (χ1v) is 9.43. The number of thiocarbonyl (C=S) groups is 1. The molecule has 0 unspecified atom stereocenters. The van der Waals surface area contributed by atoms with Crippen LogP contribution in [0.1, 0.15) is 19.8 Å². The first-order chi connectivity index (χ1) is 9.90. The molecule has 0 aromatic heterocycles. The number of benzene rings is 1. The topological polar surface area (TPSA) is 60.4 Å². The molecule has 0 saturated carbocycles. The fourth-order valence-corrected chi connectivity index (χ4v) is 3.85. The van der Waals surface area contributed by atoms with Gasteiger partial charge in [0.1, 0.15) is 0 Å². The van der Waals surface area contributed by atoms with Crippen LogP contribution in [0.3, 0.4) is 0 Å². The van der Waals surface area contributed by atoms with Crippen molar-refractivity contribution in [1.29, 1.82) is 0 Å². The Bertz CT molecular complexity index is 674. The zero-order valence-corrected chi connectivity index (χ0v) is 17.1. The van der Waals surface area contributed by atoms with Crippen molar-refractivity contribution in [3.8, 4) is 0 Å². The van der Waals surface area contributed by atoms with E-state index < -0.39 is 10.1 Å². The molecule has 1 heterocycles. The molecule has 0 aliphatic carbocycles. The first kappa shape index (κ1) is 20.2. The summed E-state index contributed by atoms with van der Waals surface area (Å²) < 4.78 is 32.2. The molecule has 4 nitrogen and oxygen atoms in total. The van der Waals surface area contributed by atoms with E-state index in [0.717, 1.165) is 26.9 Å². The zero-order chi connectivity index (χ0) is 15.5. The number of para-hydroxylation sites is 1. The van der Waals surface area contributed by atoms with E-state index in [1.165, 1.54) is 0 Å². The van der Waals surface area contributed by atoms with Crippen molar-refractivity contribution < 1.29 is 42.5 Å². The van der Waals surface area contributed by atoms with Gasteiger partial charge < -0.3 is 9.45 Å². The Hall–Kier alpha value is 0.110. The van der Waals surface area contributed by atoms with Crippen molar-refractivity contribution >= 4 is 44.6 Å². The molecule has 114 valence electrons. The maximum atomic E-state index is 10.7. The summed E-state index contributed by atoms with van der Waals surface area (Å²) in [6, 6.07) is 7.92. The second kappa shape index (κ2) is 8.82. The number of allylic oxidation sites excluding steroid dienone is 1. The quantitative estimate of drug-likeness (QED) is 0.310. The van der Waals surface area contributed by atoms with Crippen LogP contribution in [0, 0.1) is 0 Å². The van der Waals surface area contributed by atoms with Gasteiger partial charge in [0.15, 0.2) is 0 Å². The van der Waals surface area contributed by atoms with Crippen molar-refractivity contribution in [3.05, 3.63) is 35.4 Å². The van der Waals surface area contributed by atoms with Crippen molar-refractivity contribution in [2.45, 2.75) is 24.7 Å². The van der Waals surface area contributed by atoms with E-state index in [1.807, 2.05) is 42.2 Å². The molecule has 22 heavy (non-hydrogen) atoms. The second-order valence-corrected chi connectivity index (χ2v) is 7.75. The Morgan fingerprint density at radius 3 is 2.73 bits per heavy atom. The summed E-state index contributed by atoms with van der Waals surface area (Å²) in [5, 5.41) is 0.992. The van der Waals surface area contributed by atoms with E-state index in [9.17, 15) is 13.0 Å². The Labute approximate surface area is 163 Å². The van der Waals surface area contributed by atoms with Gasteiger partial charge in [-0.15, -0.1) is 0 Å². The molecule has 0 spiro atoms. The Balaban J connectivity index is 0.00000242. The predicted octanol–water partition coefficient (Wildman–Crippen LogP) is 0.159. The minimum absolute atomic E-state index is 0. The van der Waals surface area contributed by atoms with Crippen molar-refractivity contribution in [3.63, 3.8) is 0 Å². The standard InChI is InChI=1S/C14H17NO3S3.Na/c1-2-11(19)10-14-15(8-5-9-21(16,17)18)12-6-3-4-7-13(12)20-14;/h3-4,6-7,10H,2,5,8-9H2,1H3,(H,16,17,18);/q;+1/p-1. The summed E-state index contributed by atoms with van der Waals surface area (Å²) >= 11 is 6.88. The third-order valence-electron chi connectivity index (χ3n) is 3.05. The van der Waals surface area contributed by atoms with Crippen molar-refractivity contribution in [2.75, 3.05) is 17.2 Å². The largest absolute Gasteiger partial charge is 1.00 e. The molecule has 0 fully saturated rings. The van der Waals surface area contributed by atoms with Crippen LogP contribution in [0.4, 0.5) is 5.69 Å². The van der Waals surface area contributed by atoms with Gasteiger partial charge in [-0.2, -0.15) is 0 Å². The fraction of sp³-hybridized carbons (Fsp3) is 0.357. The molecule has 0 amide bonds. The average molecular weight is 365 g/mol. The van der Waals surface area contributed by atoms with Crippen LogP contribution in [0.15, 0.2) is 40.3 Å². The predicted molar refractivity (Wildman–Crippen MR) is 89.8 cm³/mol. The minimum atomic E-state index is -4.17. The minimum Gasteiger partial charge on any atom is -0.748 e. The number of thioether (sulfide) groups is 1. The molecule has 1 aliphatic heterocycles. The number of rotatable bonds is 6. The van der Waals surface area contributed by atoms with Gasteiger partial charge in [-0.25, -0.2) is 8.42 Å². The van der Waals surface area contributed by atoms with Crippen LogP contribution in [0.5, 0.6) is 0 Å². The molecule has 1 aromatic rings. The first-order valence-electron chi connectivity index (χ1n) is 6.63. The third-order valence-corrected chi connectivity index (χ3v) is 5.35. The summed E-state index contributed by atoms with van der Waals surface area (Å²) in [5.74, 6) is -0.345. The molecule has 0 atom stereocenters. The number of hydrogen-bond acceptors (Lipinski definition) is 6. The molecule has 1 aliphatic rings. The van der Waals surface area contributed by atoms with E-state index in [-0.39, 0.29) is 35.3 Å². The van der Waals surface area contributed by atoms with Crippen LogP contribution < -0.4 is 34.5 Å². The summed E-state index contributed by atoms with van der Waals surface area (Å²) in [6.07, 6.45) is 3.04. The van der Waals surface area contributed by atoms with Gasteiger partial charge in [0.05, 0.1) is 20.8 Å². The van der Waals surface area contributed by atoms with Crippen molar-refractivity contribution in [2.24, 2.45) is 0 Å².